The van der Waals surface area contributed by atoms with Crippen molar-refractivity contribution < 1.29 is 26.5 Å². The third kappa shape index (κ3) is 4.80. The summed E-state index contributed by atoms with van der Waals surface area (Å²) in [4.78, 5) is 12.8. The number of halogens is 2. The molecule has 0 aliphatic heterocycles. The molecule has 0 spiro atoms. The van der Waals surface area contributed by atoms with Crippen molar-refractivity contribution in [1.29, 1.82) is 0 Å². The van der Waals surface area contributed by atoms with Gasteiger partial charge in [-0.15, -0.1) is 0 Å². The number of rotatable bonds is 5. The monoisotopic (exact) mass is 525 g/mol. The van der Waals surface area contributed by atoms with Gasteiger partial charge in [-0.3, -0.25) is 14.1 Å². The molecule has 37 heavy (non-hydrogen) atoms. The summed E-state index contributed by atoms with van der Waals surface area (Å²) in [6.45, 7) is 0. The minimum Gasteiger partial charge on any atom is -0.495 e. The van der Waals surface area contributed by atoms with Gasteiger partial charge in [-0.05, 0) is 49.9 Å². The number of sulfonamides is 1. The van der Waals surface area contributed by atoms with Crippen LogP contribution in [-0.2, 0) is 10.0 Å². The van der Waals surface area contributed by atoms with E-state index in [2.05, 4.69) is 26.2 Å². The molecule has 2 aromatic carbocycles. The highest BCUT2D eigenvalue weighted by atomic mass is 32.2. The zero-order chi connectivity index (χ0) is 26.2. The lowest BCUT2D eigenvalue weighted by atomic mass is 10.0. The van der Waals surface area contributed by atoms with Gasteiger partial charge < -0.3 is 9.26 Å². The van der Waals surface area contributed by atoms with Crippen LogP contribution >= 0.6 is 0 Å². The highest BCUT2D eigenvalue weighted by Gasteiger charge is 2.31. The largest absolute Gasteiger partial charge is 0.495 e. The number of nitrogens with one attached hydrogen (secondary N) is 1. The Labute approximate surface area is 210 Å². The van der Waals surface area contributed by atoms with Gasteiger partial charge in [-0.1, -0.05) is 17.0 Å². The van der Waals surface area contributed by atoms with Crippen molar-refractivity contribution in [3.05, 3.63) is 76.5 Å². The Balaban J connectivity index is 1.59. The molecule has 1 fully saturated rings. The summed E-state index contributed by atoms with van der Waals surface area (Å²) in [6, 6.07) is 10.6. The maximum atomic E-state index is 15.1. The van der Waals surface area contributed by atoms with Crippen molar-refractivity contribution in [3.63, 3.8) is 0 Å². The molecule has 0 amide bonds. The van der Waals surface area contributed by atoms with Crippen LogP contribution in [0, 0.1) is 17.7 Å². The zero-order valence-electron chi connectivity index (χ0n) is 19.6. The van der Waals surface area contributed by atoms with E-state index in [0.717, 1.165) is 18.9 Å². The van der Waals surface area contributed by atoms with Gasteiger partial charge in [-0.25, -0.2) is 17.2 Å². The zero-order valence-corrected chi connectivity index (χ0v) is 20.4. The van der Waals surface area contributed by atoms with Crippen molar-refractivity contribution in [3.8, 4) is 23.3 Å². The molecule has 0 atom stereocenters. The molecule has 5 rings (SSSR count). The highest BCUT2D eigenvalue weighted by Crippen LogP contribution is 2.33. The number of benzene rings is 2. The van der Waals surface area contributed by atoms with Gasteiger partial charge in [-0.2, -0.15) is 0 Å². The third-order valence-electron chi connectivity index (χ3n) is 6.18. The molecule has 1 saturated carbocycles. The lowest BCUT2D eigenvalue weighted by Crippen LogP contribution is -2.19. The molecule has 11 heteroatoms. The number of alkyl halides is 1. The lowest BCUT2D eigenvalue weighted by Gasteiger charge is -2.15. The summed E-state index contributed by atoms with van der Waals surface area (Å²) >= 11 is 0. The van der Waals surface area contributed by atoms with Crippen LogP contribution < -0.4 is 15.0 Å². The van der Waals surface area contributed by atoms with Gasteiger partial charge in [0.1, 0.15) is 17.8 Å². The average Bonchev–Trinajstić information content (AvgIpc) is 3.54. The topological polar surface area (TPSA) is 103 Å². The Bertz CT molecular complexity index is 1710. The third-order valence-corrected chi connectivity index (χ3v) is 7.53. The smallest absolute Gasteiger partial charge is 0.263 e. The number of methoxy groups -OCH3 is 1. The van der Waals surface area contributed by atoms with E-state index < -0.39 is 27.1 Å². The first-order chi connectivity index (χ1) is 17.7. The standard InChI is InChI=1S/C26H21F2N3O5S/c1-35-23-15-17(8-12-26(28)10-2-3-11-26)20(27)16-22(23)31-21-6-5-19(14-18(21)4-7-25(31)32)37(33,34)30-24-9-13-36-29-24/h4-7,9,13-16H,2-3,10-11H2,1H3,(H,29,30). The number of fused-ring (bicyclic) bond motifs is 1. The minimum absolute atomic E-state index is 0.0140. The summed E-state index contributed by atoms with van der Waals surface area (Å²) in [6.07, 6.45) is 3.32. The van der Waals surface area contributed by atoms with Crippen LogP contribution in [0.1, 0.15) is 31.2 Å². The summed E-state index contributed by atoms with van der Waals surface area (Å²) in [5.74, 6) is 4.55. The van der Waals surface area contributed by atoms with Gasteiger partial charge in [0.25, 0.3) is 15.6 Å². The molecule has 4 aromatic rings. The lowest BCUT2D eigenvalue weighted by molar-refractivity contribution is 0.253. The molecule has 0 bridgehead atoms. The molecule has 0 radical (unpaired) electrons. The van der Waals surface area contributed by atoms with E-state index in [1.165, 1.54) is 60.4 Å². The Morgan fingerprint density at radius 3 is 2.62 bits per heavy atom. The Kier molecular flexibility index (Phi) is 6.21. The van der Waals surface area contributed by atoms with Crippen LogP contribution in [0.3, 0.4) is 0 Å². The predicted octanol–water partition coefficient (Wildman–Crippen LogP) is 4.56. The van der Waals surface area contributed by atoms with Crippen LogP contribution in [0.2, 0.25) is 0 Å². The van der Waals surface area contributed by atoms with E-state index in [4.69, 9.17) is 4.74 Å². The van der Waals surface area contributed by atoms with Gasteiger partial charge in [0.15, 0.2) is 11.5 Å². The first-order valence-electron chi connectivity index (χ1n) is 11.4. The summed E-state index contributed by atoms with van der Waals surface area (Å²) in [5.41, 5.74) is -1.77. The van der Waals surface area contributed by atoms with Crippen LogP contribution in [0.25, 0.3) is 16.6 Å². The number of hydrogen-bond acceptors (Lipinski definition) is 6. The van der Waals surface area contributed by atoms with Crippen molar-refractivity contribution in [2.45, 2.75) is 36.2 Å². The fourth-order valence-corrected chi connectivity index (χ4v) is 5.35. The van der Waals surface area contributed by atoms with E-state index in [0.29, 0.717) is 23.7 Å². The Morgan fingerprint density at radius 1 is 1.14 bits per heavy atom. The molecule has 2 aromatic heterocycles. The second-order valence-corrected chi connectivity index (χ2v) is 10.3. The molecule has 0 unspecified atom stereocenters. The van der Waals surface area contributed by atoms with Gasteiger partial charge in [0.2, 0.25) is 0 Å². The van der Waals surface area contributed by atoms with Crippen molar-refractivity contribution in [1.82, 2.24) is 9.72 Å². The number of hydrogen-bond donors (Lipinski definition) is 1. The van der Waals surface area contributed by atoms with Crippen molar-refractivity contribution in [2.24, 2.45) is 0 Å². The molecule has 1 aliphatic rings. The molecular formula is C26H21F2N3O5S. The molecule has 1 N–H and O–H groups in total. The fourth-order valence-electron chi connectivity index (χ4n) is 4.32. The molecule has 2 heterocycles. The molecule has 190 valence electrons. The van der Waals surface area contributed by atoms with Gasteiger partial charge in [0, 0.05) is 29.7 Å². The minimum atomic E-state index is -4.00. The Hall–Kier alpha value is -4.17. The summed E-state index contributed by atoms with van der Waals surface area (Å²) < 4.78 is 68.9. The second kappa shape index (κ2) is 9.37. The van der Waals surface area contributed by atoms with Gasteiger partial charge >= 0.3 is 0 Å². The number of nitrogens with zero attached hydrogens (tertiary/aromatic N) is 2. The first-order valence-corrected chi connectivity index (χ1v) is 12.9. The van der Waals surface area contributed by atoms with Gasteiger partial charge in [0.05, 0.1) is 28.8 Å². The highest BCUT2D eigenvalue weighted by molar-refractivity contribution is 7.92. The predicted molar refractivity (Wildman–Crippen MR) is 133 cm³/mol. The second-order valence-electron chi connectivity index (χ2n) is 8.64. The number of aromatic nitrogens is 2. The van der Waals surface area contributed by atoms with E-state index >= 15 is 4.39 Å². The van der Waals surface area contributed by atoms with Crippen LogP contribution in [0.5, 0.6) is 5.75 Å². The van der Waals surface area contributed by atoms with Crippen molar-refractivity contribution in [2.75, 3.05) is 11.8 Å². The number of anilines is 1. The molecular weight excluding hydrogens is 504 g/mol. The maximum Gasteiger partial charge on any atom is 0.263 e. The van der Waals surface area contributed by atoms with Crippen molar-refractivity contribution >= 4 is 26.7 Å². The first kappa shape index (κ1) is 24.5. The maximum absolute atomic E-state index is 15.1. The quantitative estimate of drug-likeness (QED) is 0.383. The number of ether oxygens (including phenoxy) is 1. The normalized spacial score (nSPS) is 14.8. The van der Waals surface area contributed by atoms with Crippen LogP contribution in [0.4, 0.5) is 14.6 Å². The van der Waals surface area contributed by atoms with Crippen LogP contribution in [-0.4, -0.2) is 30.9 Å². The van der Waals surface area contributed by atoms with E-state index in [1.54, 1.807) is 0 Å². The van der Waals surface area contributed by atoms with E-state index in [-0.39, 0.29) is 27.7 Å². The molecule has 8 nitrogen and oxygen atoms in total. The summed E-state index contributed by atoms with van der Waals surface area (Å²) in [5, 5.41) is 3.94. The molecule has 0 saturated heterocycles. The Morgan fingerprint density at radius 2 is 1.92 bits per heavy atom. The average molecular weight is 526 g/mol. The summed E-state index contributed by atoms with van der Waals surface area (Å²) in [7, 11) is -2.64. The molecule has 1 aliphatic carbocycles. The fraction of sp³-hybridized carbons (Fsp3) is 0.231. The van der Waals surface area contributed by atoms with E-state index in [1.807, 2.05) is 0 Å². The SMILES string of the molecule is COc1cc(C#CC2(F)CCCC2)c(F)cc1-n1c(=O)ccc2cc(S(=O)(=O)Nc3ccon3)ccc21. The van der Waals surface area contributed by atoms with Crippen LogP contribution in [0.15, 0.2) is 69.0 Å². The number of pyridine rings is 1. The van der Waals surface area contributed by atoms with E-state index in [9.17, 15) is 17.6 Å².